The molecular weight excluding hydrogens is 236 g/mol. The molecule has 0 aliphatic rings. The van der Waals surface area contributed by atoms with Crippen LogP contribution in [0.15, 0.2) is 67.0 Å². The fourth-order valence-corrected chi connectivity index (χ4v) is 2.01. The standard InChI is InChI=1S/C16H12N2O/c19-16(13-5-2-1-3-6-13)18-15-8-4-7-12-9-10-17-11-14(12)15/h1-11H,(H,18,19). The molecule has 0 bridgehead atoms. The predicted molar refractivity (Wildman–Crippen MR) is 76.1 cm³/mol. The number of carbonyl (C=O) groups is 1. The van der Waals surface area contributed by atoms with E-state index in [9.17, 15) is 4.79 Å². The van der Waals surface area contributed by atoms with Crippen molar-refractivity contribution in [1.29, 1.82) is 0 Å². The monoisotopic (exact) mass is 248 g/mol. The van der Waals surface area contributed by atoms with Gasteiger partial charge in [-0.05, 0) is 29.7 Å². The lowest BCUT2D eigenvalue weighted by atomic mass is 10.1. The number of nitrogens with one attached hydrogen (secondary N) is 1. The van der Waals surface area contributed by atoms with Crippen LogP contribution < -0.4 is 5.32 Å². The largest absolute Gasteiger partial charge is 0.321 e. The third kappa shape index (κ3) is 2.31. The van der Waals surface area contributed by atoms with Crippen LogP contribution in [-0.4, -0.2) is 10.9 Å². The topological polar surface area (TPSA) is 42.0 Å². The summed E-state index contributed by atoms with van der Waals surface area (Å²) < 4.78 is 0. The zero-order valence-corrected chi connectivity index (χ0v) is 10.2. The Bertz CT molecular complexity index is 718. The number of hydrogen-bond donors (Lipinski definition) is 1. The minimum atomic E-state index is -0.114. The first-order chi connectivity index (χ1) is 9.34. The summed E-state index contributed by atoms with van der Waals surface area (Å²) >= 11 is 0. The molecule has 1 amide bonds. The summed E-state index contributed by atoms with van der Waals surface area (Å²) in [5, 5.41) is 4.92. The summed E-state index contributed by atoms with van der Waals surface area (Å²) in [6.07, 6.45) is 3.50. The molecule has 0 unspecified atom stereocenters. The van der Waals surface area contributed by atoms with Crippen molar-refractivity contribution in [2.75, 3.05) is 5.32 Å². The van der Waals surface area contributed by atoms with E-state index in [1.54, 1.807) is 24.5 Å². The van der Waals surface area contributed by atoms with Gasteiger partial charge in [-0.25, -0.2) is 0 Å². The van der Waals surface area contributed by atoms with Crippen molar-refractivity contribution >= 4 is 22.4 Å². The van der Waals surface area contributed by atoms with E-state index in [2.05, 4.69) is 10.3 Å². The Morgan fingerprint density at radius 2 is 1.79 bits per heavy atom. The highest BCUT2D eigenvalue weighted by Gasteiger charge is 2.07. The molecular formula is C16H12N2O. The third-order valence-corrected chi connectivity index (χ3v) is 2.97. The third-order valence-electron chi connectivity index (χ3n) is 2.97. The molecule has 0 aliphatic carbocycles. The first-order valence-electron chi connectivity index (χ1n) is 6.04. The fraction of sp³-hybridized carbons (Fsp3) is 0. The number of nitrogens with zero attached hydrogens (tertiary/aromatic N) is 1. The van der Waals surface area contributed by atoms with E-state index >= 15 is 0 Å². The van der Waals surface area contributed by atoms with E-state index in [4.69, 9.17) is 0 Å². The van der Waals surface area contributed by atoms with Gasteiger partial charge in [0, 0.05) is 23.3 Å². The fourth-order valence-electron chi connectivity index (χ4n) is 2.01. The van der Waals surface area contributed by atoms with Crippen molar-refractivity contribution in [3.05, 3.63) is 72.6 Å². The Labute approximate surface area is 110 Å². The Morgan fingerprint density at radius 3 is 2.63 bits per heavy atom. The molecule has 0 fully saturated rings. The smallest absolute Gasteiger partial charge is 0.255 e. The molecule has 92 valence electrons. The summed E-state index contributed by atoms with van der Waals surface area (Å²) in [5.74, 6) is -0.114. The Kier molecular flexibility index (Phi) is 2.94. The molecule has 0 atom stereocenters. The van der Waals surface area contributed by atoms with Crippen molar-refractivity contribution in [2.45, 2.75) is 0 Å². The summed E-state index contributed by atoms with van der Waals surface area (Å²) in [4.78, 5) is 16.2. The van der Waals surface area contributed by atoms with E-state index in [-0.39, 0.29) is 5.91 Å². The molecule has 0 saturated heterocycles. The van der Waals surface area contributed by atoms with Crippen molar-refractivity contribution in [3.8, 4) is 0 Å². The Morgan fingerprint density at radius 1 is 0.947 bits per heavy atom. The molecule has 0 spiro atoms. The summed E-state index contributed by atoms with van der Waals surface area (Å²) in [6.45, 7) is 0. The molecule has 3 rings (SSSR count). The number of hydrogen-bond acceptors (Lipinski definition) is 2. The van der Waals surface area contributed by atoms with Gasteiger partial charge in [-0.1, -0.05) is 30.3 Å². The van der Waals surface area contributed by atoms with Gasteiger partial charge in [0.1, 0.15) is 0 Å². The maximum atomic E-state index is 12.1. The second-order valence-corrected chi connectivity index (χ2v) is 4.22. The van der Waals surface area contributed by atoms with Crippen LogP contribution >= 0.6 is 0 Å². The number of benzene rings is 2. The minimum absolute atomic E-state index is 0.114. The molecule has 3 nitrogen and oxygen atoms in total. The zero-order valence-electron chi connectivity index (χ0n) is 10.2. The number of pyridine rings is 1. The van der Waals surface area contributed by atoms with Crippen molar-refractivity contribution in [1.82, 2.24) is 4.98 Å². The quantitative estimate of drug-likeness (QED) is 0.754. The lowest BCUT2D eigenvalue weighted by Gasteiger charge is -2.08. The molecule has 1 aromatic heterocycles. The van der Waals surface area contributed by atoms with Crippen LogP contribution in [0.4, 0.5) is 5.69 Å². The van der Waals surface area contributed by atoms with Gasteiger partial charge in [-0.2, -0.15) is 0 Å². The van der Waals surface area contributed by atoms with Gasteiger partial charge in [0.15, 0.2) is 0 Å². The lowest BCUT2D eigenvalue weighted by Crippen LogP contribution is -2.11. The van der Waals surface area contributed by atoms with Gasteiger partial charge < -0.3 is 5.32 Å². The first-order valence-corrected chi connectivity index (χ1v) is 6.04. The van der Waals surface area contributed by atoms with E-state index in [1.807, 2.05) is 42.5 Å². The average molecular weight is 248 g/mol. The molecule has 0 radical (unpaired) electrons. The van der Waals surface area contributed by atoms with Gasteiger partial charge in [-0.15, -0.1) is 0 Å². The second-order valence-electron chi connectivity index (χ2n) is 4.22. The highest BCUT2D eigenvalue weighted by atomic mass is 16.1. The molecule has 1 heterocycles. The first kappa shape index (κ1) is 11.4. The minimum Gasteiger partial charge on any atom is -0.321 e. The van der Waals surface area contributed by atoms with E-state index in [0.29, 0.717) is 5.56 Å². The molecule has 3 heteroatoms. The normalized spacial score (nSPS) is 10.3. The highest BCUT2D eigenvalue weighted by molar-refractivity contribution is 6.08. The maximum absolute atomic E-state index is 12.1. The average Bonchev–Trinajstić information content (AvgIpc) is 2.48. The van der Waals surface area contributed by atoms with Gasteiger partial charge in [0.25, 0.3) is 5.91 Å². The van der Waals surface area contributed by atoms with Crippen LogP contribution in [0.2, 0.25) is 0 Å². The van der Waals surface area contributed by atoms with Gasteiger partial charge in [0.05, 0.1) is 5.69 Å². The van der Waals surface area contributed by atoms with Crippen LogP contribution in [-0.2, 0) is 0 Å². The number of anilines is 1. The van der Waals surface area contributed by atoms with E-state index in [0.717, 1.165) is 16.5 Å². The highest BCUT2D eigenvalue weighted by Crippen LogP contribution is 2.22. The predicted octanol–water partition coefficient (Wildman–Crippen LogP) is 3.49. The van der Waals surface area contributed by atoms with Crippen molar-refractivity contribution < 1.29 is 4.79 Å². The number of amides is 1. The number of fused-ring (bicyclic) bond motifs is 1. The van der Waals surface area contributed by atoms with Crippen molar-refractivity contribution in [2.24, 2.45) is 0 Å². The van der Waals surface area contributed by atoms with Gasteiger partial charge in [0.2, 0.25) is 0 Å². The number of rotatable bonds is 2. The van der Waals surface area contributed by atoms with Gasteiger partial charge >= 0.3 is 0 Å². The molecule has 19 heavy (non-hydrogen) atoms. The summed E-state index contributed by atoms with van der Waals surface area (Å²) in [6, 6.07) is 16.9. The van der Waals surface area contributed by atoms with E-state index < -0.39 is 0 Å². The Hall–Kier alpha value is -2.68. The van der Waals surface area contributed by atoms with Crippen LogP contribution in [0.5, 0.6) is 0 Å². The zero-order chi connectivity index (χ0) is 13.1. The van der Waals surface area contributed by atoms with E-state index in [1.165, 1.54) is 0 Å². The van der Waals surface area contributed by atoms with Crippen molar-refractivity contribution in [3.63, 3.8) is 0 Å². The molecule has 0 saturated carbocycles. The SMILES string of the molecule is O=C(Nc1cccc2ccncc12)c1ccccc1. The number of carbonyl (C=O) groups excluding carboxylic acids is 1. The summed E-state index contributed by atoms with van der Waals surface area (Å²) in [7, 11) is 0. The van der Waals surface area contributed by atoms with Gasteiger partial charge in [-0.3, -0.25) is 9.78 Å². The molecule has 1 N–H and O–H groups in total. The maximum Gasteiger partial charge on any atom is 0.255 e. The second kappa shape index (κ2) is 4.90. The molecule has 3 aromatic rings. The van der Waals surface area contributed by atoms with Crippen LogP contribution in [0, 0.1) is 0 Å². The Balaban J connectivity index is 1.96. The van der Waals surface area contributed by atoms with Crippen LogP contribution in [0.1, 0.15) is 10.4 Å². The lowest BCUT2D eigenvalue weighted by molar-refractivity contribution is 0.102. The molecule has 0 aliphatic heterocycles. The summed E-state index contributed by atoms with van der Waals surface area (Å²) in [5.41, 5.74) is 1.42. The number of aromatic nitrogens is 1. The van der Waals surface area contributed by atoms with Crippen LogP contribution in [0.3, 0.4) is 0 Å². The van der Waals surface area contributed by atoms with Crippen LogP contribution in [0.25, 0.3) is 10.8 Å². The molecule has 2 aromatic carbocycles.